The molecule has 0 radical (unpaired) electrons. The maximum Gasteiger partial charge on any atom is 0.166 e. The predicted molar refractivity (Wildman–Crippen MR) is 55.4 cm³/mol. The molecule has 0 aromatic carbocycles. The summed E-state index contributed by atoms with van der Waals surface area (Å²) in [6.45, 7) is 3.76. The molecule has 0 aliphatic carbocycles. The Bertz CT molecular complexity index is 330. The second-order valence-electron chi connectivity index (χ2n) is 2.35. The number of halogens is 3. The maximum atomic E-state index is 13.1. The molecule has 0 unspecified atom stereocenters. The summed E-state index contributed by atoms with van der Waals surface area (Å²) in [7, 11) is 0. The Morgan fingerprint density at radius 1 is 1.77 bits per heavy atom. The van der Waals surface area contributed by atoms with Gasteiger partial charge in [-0.3, -0.25) is 0 Å². The Hall–Kier alpha value is -0.610. The average molecular weight is 266 g/mol. The van der Waals surface area contributed by atoms with Crippen molar-refractivity contribution in [3.63, 3.8) is 0 Å². The highest BCUT2D eigenvalue weighted by atomic mass is 79.9. The number of rotatable bonds is 3. The summed E-state index contributed by atoms with van der Waals surface area (Å²) in [5.74, 6) is -0.253. The molecule has 1 rings (SSSR count). The lowest BCUT2D eigenvalue weighted by Crippen LogP contribution is -2.04. The van der Waals surface area contributed by atoms with E-state index in [-0.39, 0.29) is 5.82 Å². The van der Waals surface area contributed by atoms with Crippen molar-refractivity contribution in [2.24, 2.45) is 0 Å². The quantitative estimate of drug-likeness (QED) is 0.908. The first-order valence-electron chi connectivity index (χ1n) is 3.48. The van der Waals surface area contributed by atoms with Crippen LogP contribution < -0.4 is 5.32 Å². The van der Waals surface area contributed by atoms with Crippen LogP contribution in [-0.4, -0.2) is 11.5 Å². The zero-order valence-corrected chi connectivity index (χ0v) is 8.99. The Labute approximate surface area is 88.9 Å². The van der Waals surface area contributed by atoms with E-state index in [1.807, 2.05) is 0 Å². The largest absolute Gasteiger partial charge is 0.363 e. The molecule has 1 N–H and O–H groups in total. The summed E-state index contributed by atoms with van der Waals surface area (Å²) in [6, 6.07) is 1.33. The first kappa shape index (κ1) is 10.5. The van der Waals surface area contributed by atoms with Crippen molar-refractivity contribution >= 4 is 33.3 Å². The highest BCUT2D eigenvalue weighted by Gasteiger charge is 2.03. The topological polar surface area (TPSA) is 24.9 Å². The second kappa shape index (κ2) is 4.58. The molecule has 1 heterocycles. The first-order chi connectivity index (χ1) is 6.09. The van der Waals surface area contributed by atoms with Gasteiger partial charge in [0.15, 0.2) is 11.6 Å². The van der Waals surface area contributed by atoms with E-state index in [4.69, 9.17) is 11.6 Å². The van der Waals surface area contributed by atoms with Gasteiger partial charge in [-0.1, -0.05) is 18.2 Å². The van der Waals surface area contributed by atoms with E-state index in [1.54, 1.807) is 0 Å². The molecule has 2 nitrogen and oxygen atoms in total. The standard InChI is InChI=1S/C8H7BrClFN2/c1-5(10)3-12-8-7(11)2-6(9)4-13-8/h2,4H,1,3H2,(H,12,13). The van der Waals surface area contributed by atoms with Crippen LogP contribution in [0.15, 0.2) is 28.3 Å². The van der Waals surface area contributed by atoms with Gasteiger partial charge in [-0.2, -0.15) is 0 Å². The monoisotopic (exact) mass is 264 g/mol. The summed E-state index contributed by atoms with van der Waals surface area (Å²) in [4.78, 5) is 3.82. The number of hydrogen-bond acceptors (Lipinski definition) is 2. The lowest BCUT2D eigenvalue weighted by Gasteiger charge is -2.04. The third-order valence-corrected chi connectivity index (χ3v) is 1.82. The van der Waals surface area contributed by atoms with Gasteiger partial charge in [-0.25, -0.2) is 9.37 Å². The molecule has 70 valence electrons. The van der Waals surface area contributed by atoms with Gasteiger partial charge in [-0.05, 0) is 22.0 Å². The van der Waals surface area contributed by atoms with Crippen molar-refractivity contribution in [2.75, 3.05) is 11.9 Å². The minimum Gasteiger partial charge on any atom is -0.363 e. The van der Waals surface area contributed by atoms with Gasteiger partial charge in [0.25, 0.3) is 0 Å². The van der Waals surface area contributed by atoms with Gasteiger partial charge >= 0.3 is 0 Å². The van der Waals surface area contributed by atoms with Crippen molar-refractivity contribution in [1.82, 2.24) is 4.98 Å². The van der Waals surface area contributed by atoms with E-state index < -0.39 is 5.82 Å². The minimum absolute atomic E-state index is 0.171. The van der Waals surface area contributed by atoms with E-state index in [1.165, 1.54) is 12.3 Å². The number of nitrogens with one attached hydrogen (secondary N) is 1. The fourth-order valence-electron chi connectivity index (χ4n) is 0.724. The van der Waals surface area contributed by atoms with E-state index in [0.717, 1.165) is 0 Å². The number of anilines is 1. The van der Waals surface area contributed by atoms with Crippen LogP contribution in [0.5, 0.6) is 0 Å². The van der Waals surface area contributed by atoms with Crippen LogP contribution >= 0.6 is 27.5 Å². The summed E-state index contributed by atoms with van der Waals surface area (Å²) < 4.78 is 13.7. The van der Waals surface area contributed by atoms with Crippen LogP contribution in [0, 0.1) is 5.82 Å². The smallest absolute Gasteiger partial charge is 0.166 e. The summed E-state index contributed by atoms with van der Waals surface area (Å²) in [5, 5.41) is 3.11. The summed E-state index contributed by atoms with van der Waals surface area (Å²) >= 11 is 8.60. The summed E-state index contributed by atoms with van der Waals surface area (Å²) in [6.07, 6.45) is 1.50. The van der Waals surface area contributed by atoms with Crippen LogP contribution in [0.4, 0.5) is 10.2 Å². The zero-order chi connectivity index (χ0) is 9.84. The SMILES string of the molecule is C=C(Cl)CNc1ncc(Br)cc1F. The Morgan fingerprint density at radius 3 is 3.00 bits per heavy atom. The van der Waals surface area contributed by atoms with E-state index >= 15 is 0 Å². The van der Waals surface area contributed by atoms with Crippen molar-refractivity contribution in [3.8, 4) is 0 Å². The maximum absolute atomic E-state index is 13.1. The van der Waals surface area contributed by atoms with Crippen LogP contribution in [0.25, 0.3) is 0 Å². The Morgan fingerprint density at radius 2 is 2.46 bits per heavy atom. The highest BCUT2D eigenvalue weighted by Crippen LogP contribution is 2.16. The third kappa shape index (κ3) is 3.32. The fourth-order valence-corrected chi connectivity index (χ4v) is 1.09. The molecule has 0 aliphatic heterocycles. The molecular formula is C8H7BrClFN2. The number of nitrogens with zero attached hydrogens (tertiary/aromatic N) is 1. The van der Waals surface area contributed by atoms with E-state index in [9.17, 15) is 4.39 Å². The van der Waals surface area contributed by atoms with Crippen molar-refractivity contribution in [1.29, 1.82) is 0 Å². The van der Waals surface area contributed by atoms with Gasteiger partial charge < -0.3 is 5.32 Å². The molecule has 0 atom stereocenters. The van der Waals surface area contributed by atoms with Crippen LogP contribution in [0.2, 0.25) is 0 Å². The molecule has 0 bridgehead atoms. The molecule has 0 fully saturated rings. The molecule has 13 heavy (non-hydrogen) atoms. The molecule has 0 spiro atoms. The van der Waals surface area contributed by atoms with E-state index in [0.29, 0.717) is 16.0 Å². The van der Waals surface area contributed by atoms with Gasteiger partial charge in [0, 0.05) is 15.7 Å². The second-order valence-corrected chi connectivity index (χ2v) is 3.80. The van der Waals surface area contributed by atoms with Crippen LogP contribution in [0.3, 0.4) is 0 Å². The van der Waals surface area contributed by atoms with E-state index in [2.05, 4.69) is 32.8 Å². The van der Waals surface area contributed by atoms with Crippen molar-refractivity contribution < 1.29 is 4.39 Å². The molecule has 0 saturated carbocycles. The normalized spacial score (nSPS) is 9.77. The lowest BCUT2D eigenvalue weighted by atomic mass is 10.4. The molecule has 1 aromatic rings. The highest BCUT2D eigenvalue weighted by molar-refractivity contribution is 9.10. The zero-order valence-electron chi connectivity index (χ0n) is 6.65. The molecule has 0 amide bonds. The minimum atomic E-state index is -0.424. The Kier molecular flexibility index (Phi) is 3.69. The third-order valence-electron chi connectivity index (χ3n) is 1.26. The predicted octanol–water partition coefficient (Wildman–Crippen LogP) is 3.15. The van der Waals surface area contributed by atoms with Gasteiger partial charge in [0.2, 0.25) is 0 Å². The van der Waals surface area contributed by atoms with Gasteiger partial charge in [0.05, 0.1) is 6.54 Å². The fraction of sp³-hybridized carbons (Fsp3) is 0.125. The number of pyridine rings is 1. The summed E-state index contributed by atoms with van der Waals surface area (Å²) in [5.41, 5.74) is 0. The van der Waals surface area contributed by atoms with Crippen LogP contribution in [0.1, 0.15) is 0 Å². The number of aromatic nitrogens is 1. The Balaban J connectivity index is 2.72. The molecule has 0 aliphatic rings. The molecular weight excluding hydrogens is 258 g/mol. The lowest BCUT2D eigenvalue weighted by molar-refractivity contribution is 0.624. The number of hydrogen-bond donors (Lipinski definition) is 1. The van der Waals surface area contributed by atoms with Gasteiger partial charge in [-0.15, -0.1) is 0 Å². The van der Waals surface area contributed by atoms with Crippen molar-refractivity contribution in [3.05, 3.63) is 34.2 Å². The van der Waals surface area contributed by atoms with Crippen molar-refractivity contribution in [2.45, 2.75) is 0 Å². The van der Waals surface area contributed by atoms with Gasteiger partial charge in [0.1, 0.15) is 0 Å². The van der Waals surface area contributed by atoms with Crippen LogP contribution in [-0.2, 0) is 0 Å². The average Bonchev–Trinajstić information content (AvgIpc) is 2.02. The molecule has 5 heteroatoms. The molecule has 0 saturated heterocycles. The first-order valence-corrected chi connectivity index (χ1v) is 4.65. The molecule has 1 aromatic heterocycles.